The number of hydrogen-bond donors (Lipinski definition) is 1. The van der Waals surface area contributed by atoms with Gasteiger partial charge in [0.25, 0.3) is 0 Å². The fourth-order valence-corrected chi connectivity index (χ4v) is 1.59. The van der Waals surface area contributed by atoms with Gasteiger partial charge in [-0.2, -0.15) is 0 Å². The van der Waals surface area contributed by atoms with Gasteiger partial charge in [-0.25, -0.2) is 4.98 Å². The van der Waals surface area contributed by atoms with Gasteiger partial charge in [-0.05, 0) is 12.5 Å². The summed E-state index contributed by atoms with van der Waals surface area (Å²) in [5, 5.41) is 2.22. The second kappa shape index (κ2) is 8.05. The molecule has 1 unspecified atom stereocenters. The highest BCUT2D eigenvalue weighted by Gasteiger charge is 2.00. The van der Waals surface area contributed by atoms with Gasteiger partial charge in [0.15, 0.2) is 5.16 Å². The molecule has 3 nitrogen and oxygen atoms in total. The molecule has 0 aliphatic heterocycles. The van der Waals surface area contributed by atoms with Crippen LogP contribution in [0.2, 0.25) is 0 Å². The monoisotopic (exact) mass is 240 g/mol. The zero-order valence-corrected chi connectivity index (χ0v) is 11.2. The summed E-state index contributed by atoms with van der Waals surface area (Å²) in [6, 6.07) is 0. The highest BCUT2D eigenvalue weighted by atomic mass is 32.2. The quantitative estimate of drug-likeness (QED) is 0.866. The number of hydrogen-bond acceptors (Lipinski definition) is 2. The lowest BCUT2D eigenvalue weighted by Gasteiger charge is -1.82. The van der Waals surface area contributed by atoms with E-state index in [2.05, 4.69) is 16.5 Å². The number of nitrogens with one attached hydrogen (secondary N) is 1. The van der Waals surface area contributed by atoms with Crippen LogP contribution in [0, 0.1) is 0 Å². The van der Waals surface area contributed by atoms with Crippen LogP contribution in [-0.2, 0) is 10.8 Å². The van der Waals surface area contributed by atoms with Gasteiger partial charge in [-0.1, -0.05) is 39.5 Å². The van der Waals surface area contributed by atoms with Crippen LogP contribution in [0.25, 0.3) is 12.2 Å². The van der Waals surface area contributed by atoms with Crippen LogP contribution in [0.5, 0.6) is 0 Å². The second-order valence-corrected chi connectivity index (χ2v) is 4.10. The predicted molar refractivity (Wildman–Crippen MR) is 70.9 cm³/mol. The molecule has 16 heavy (non-hydrogen) atoms. The Balaban J connectivity index is 0.00000106. The lowest BCUT2D eigenvalue weighted by Crippen LogP contribution is -2.23. The predicted octanol–water partition coefficient (Wildman–Crippen LogP) is 1.33. The van der Waals surface area contributed by atoms with Gasteiger partial charge in [0.05, 0.1) is 21.5 Å². The number of rotatable bonds is 3. The summed E-state index contributed by atoms with van der Waals surface area (Å²) in [5.74, 6) is 0. The molecule has 1 atom stereocenters. The highest BCUT2D eigenvalue weighted by molar-refractivity contribution is 7.84. The normalized spacial score (nSPS) is 14.2. The topological polar surface area (TPSA) is 45.8 Å². The Morgan fingerprint density at radius 3 is 2.56 bits per heavy atom. The number of aromatic amines is 1. The van der Waals surface area contributed by atoms with E-state index in [4.69, 9.17) is 0 Å². The molecule has 0 aliphatic carbocycles. The van der Waals surface area contributed by atoms with Gasteiger partial charge >= 0.3 is 0 Å². The first-order chi connectivity index (χ1) is 7.69. The van der Waals surface area contributed by atoms with E-state index in [1.54, 1.807) is 12.3 Å². The third-order valence-electron chi connectivity index (χ3n) is 1.69. The van der Waals surface area contributed by atoms with E-state index in [1.807, 2.05) is 32.9 Å². The lowest BCUT2D eigenvalue weighted by molar-refractivity contribution is 0.681. The standard InChI is InChI=1S/C10H14N2OS.C2H6/c1-4-6-8-9(7-5-2)12-10(11-8)14(3)13;1-2/h4,6-7H,1,5H2,2-3H3,(H,11,12);1-2H3/b8-6+,9-7+;. The number of aromatic nitrogens is 2. The maximum Gasteiger partial charge on any atom is 0.197 e. The third kappa shape index (κ3) is 4.14. The van der Waals surface area contributed by atoms with E-state index in [0.29, 0.717) is 5.16 Å². The van der Waals surface area contributed by atoms with Crippen LogP contribution in [0.1, 0.15) is 27.2 Å². The van der Waals surface area contributed by atoms with Crippen molar-refractivity contribution in [2.75, 3.05) is 6.26 Å². The smallest absolute Gasteiger partial charge is 0.197 e. The number of nitrogens with zero attached hydrogens (tertiary/aromatic N) is 1. The van der Waals surface area contributed by atoms with Gasteiger partial charge in [-0.15, -0.1) is 0 Å². The fraction of sp³-hybridized carbons (Fsp3) is 0.417. The minimum Gasteiger partial charge on any atom is -0.331 e. The molecule has 0 aliphatic rings. The van der Waals surface area contributed by atoms with Crippen molar-refractivity contribution in [3.8, 4) is 0 Å². The molecule has 90 valence electrons. The molecule has 0 fully saturated rings. The second-order valence-electron chi connectivity index (χ2n) is 2.81. The van der Waals surface area contributed by atoms with Crippen LogP contribution in [-0.4, -0.2) is 20.4 Å². The van der Waals surface area contributed by atoms with Crippen molar-refractivity contribution in [3.63, 3.8) is 0 Å². The van der Waals surface area contributed by atoms with E-state index in [9.17, 15) is 4.21 Å². The van der Waals surface area contributed by atoms with Crippen molar-refractivity contribution in [1.82, 2.24) is 9.97 Å². The SMILES string of the molecule is C=C/C=c1/[nH]c(S(C)=O)n/c1=C/CC.CC. The van der Waals surface area contributed by atoms with Crippen LogP contribution in [0.4, 0.5) is 0 Å². The van der Waals surface area contributed by atoms with Gasteiger partial charge in [0.1, 0.15) is 0 Å². The van der Waals surface area contributed by atoms with Crippen molar-refractivity contribution in [3.05, 3.63) is 23.4 Å². The molecule has 1 aromatic heterocycles. The van der Waals surface area contributed by atoms with Crippen molar-refractivity contribution >= 4 is 23.0 Å². The average Bonchev–Trinajstić information content (AvgIpc) is 2.66. The zero-order chi connectivity index (χ0) is 12.6. The lowest BCUT2D eigenvalue weighted by atomic mass is 10.4. The molecule has 0 amide bonds. The molecule has 0 spiro atoms. The summed E-state index contributed by atoms with van der Waals surface area (Å²) >= 11 is 0. The Morgan fingerprint density at radius 1 is 1.50 bits per heavy atom. The summed E-state index contributed by atoms with van der Waals surface area (Å²) < 4.78 is 11.2. The van der Waals surface area contributed by atoms with Gasteiger partial charge < -0.3 is 4.98 Å². The maximum absolute atomic E-state index is 11.2. The molecule has 1 aromatic rings. The van der Waals surface area contributed by atoms with Crippen molar-refractivity contribution in [2.24, 2.45) is 0 Å². The van der Waals surface area contributed by atoms with Crippen LogP contribution < -0.4 is 10.7 Å². The Morgan fingerprint density at radius 2 is 2.12 bits per heavy atom. The van der Waals surface area contributed by atoms with E-state index < -0.39 is 10.8 Å². The number of allylic oxidation sites excluding steroid dienone is 1. The summed E-state index contributed by atoms with van der Waals surface area (Å²) in [4.78, 5) is 7.23. The Labute approximate surface area is 99.5 Å². The van der Waals surface area contributed by atoms with E-state index in [0.717, 1.165) is 17.1 Å². The summed E-state index contributed by atoms with van der Waals surface area (Å²) in [7, 11) is -1.07. The molecule has 1 N–H and O–H groups in total. The summed E-state index contributed by atoms with van der Waals surface area (Å²) in [6.07, 6.45) is 8.00. The van der Waals surface area contributed by atoms with Crippen molar-refractivity contribution < 1.29 is 4.21 Å². The minimum absolute atomic E-state index is 0.512. The Bertz CT molecular complexity index is 460. The third-order valence-corrected chi connectivity index (χ3v) is 2.43. The highest BCUT2D eigenvalue weighted by Crippen LogP contribution is 1.87. The number of imidazole rings is 1. The zero-order valence-electron chi connectivity index (χ0n) is 10.4. The van der Waals surface area contributed by atoms with Crippen molar-refractivity contribution in [2.45, 2.75) is 32.3 Å². The first-order valence-corrected chi connectivity index (χ1v) is 6.97. The molecular formula is C12H20N2OS. The number of H-pyrrole nitrogens is 1. The Kier molecular flexibility index (Phi) is 7.46. The first kappa shape index (κ1) is 14.8. The molecule has 0 radical (unpaired) electrons. The van der Waals surface area contributed by atoms with Crippen molar-refractivity contribution in [1.29, 1.82) is 0 Å². The average molecular weight is 240 g/mol. The molecule has 0 saturated carbocycles. The van der Waals surface area contributed by atoms with E-state index in [-0.39, 0.29) is 0 Å². The summed E-state index contributed by atoms with van der Waals surface area (Å²) in [6.45, 7) is 9.65. The molecule has 0 saturated heterocycles. The van der Waals surface area contributed by atoms with Crippen LogP contribution >= 0.6 is 0 Å². The molecular weight excluding hydrogens is 220 g/mol. The van der Waals surface area contributed by atoms with Gasteiger partial charge in [0, 0.05) is 6.26 Å². The first-order valence-electron chi connectivity index (χ1n) is 5.41. The molecule has 0 aromatic carbocycles. The minimum atomic E-state index is -1.07. The van der Waals surface area contributed by atoms with E-state index >= 15 is 0 Å². The largest absolute Gasteiger partial charge is 0.331 e. The molecule has 4 heteroatoms. The molecule has 1 rings (SSSR count). The fourth-order valence-electron chi connectivity index (χ4n) is 1.11. The maximum atomic E-state index is 11.2. The Hall–Kier alpha value is -1.16. The molecule has 1 heterocycles. The van der Waals surface area contributed by atoms with Gasteiger partial charge in [-0.3, -0.25) is 4.21 Å². The van der Waals surface area contributed by atoms with E-state index in [1.165, 1.54) is 0 Å². The van der Waals surface area contributed by atoms with Gasteiger partial charge in [0.2, 0.25) is 0 Å². The summed E-state index contributed by atoms with van der Waals surface area (Å²) in [5.41, 5.74) is 0. The van der Waals surface area contributed by atoms with Crippen LogP contribution in [0.15, 0.2) is 17.8 Å². The van der Waals surface area contributed by atoms with Crippen LogP contribution in [0.3, 0.4) is 0 Å². The molecule has 0 bridgehead atoms.